The molecule has 25 heavy (non-hydrogen) atoms. The molecule has 134 valence electrons. The summed E-state index contributed by atoms with van der Waals surface area (Å²) in [6.07, 6.45) is 3.35. The van der Waals surface area contributed by atoms with Crippen molar-refractivity contribution in [3.8, 4) is 0 Å². The van der Waals surface area contributed by atoms with Crippen molar-refractivity contribution in [2.75, 3.05) is 13.1 Å². The lowest BCUT2D eigenvalue weighted by Crippen LogP contribution is -2.15. The number of rotatable bonds is 7. The third-order valence-electron chi connectivity index (χ3n) is 4.79. The molecule has 0 spiro atoms. The minimum Gasteiger partial charge on any atom is -0.461 e. The molecule has 2 aromatic heterocycles. The number of benzene rings is 1. The van der Waals surface area contributed by atoms with Gasteiger partial charge in [0.15, 0.2) is 0 Å². The molecule has 0 fully saturated rings. The van der Waals surface area contributed by atoms with E-state index in [1.807, 2.05) is 20.8 Å². The first-order valence-corrected chi connectivity index (χ1v) is 8.89. The fourth-order valence-corrected chi connectivity index (χ4v) is 3.36. The van der Waals surface area contributed by atoms with E-state index in [9.17, 15) is 4.79 Å². The van der Waals surface area contributed by atoms with Crippen molar-refractivity contribution < 1.29 is 8.83 Å². The highest BCUT2D eigenvalue weighted by Gasteiger charge is 2.17. The predicted molar refractivity (Wildman–Crippen MR) is 101 cm³/mol. The van der Waals surface area contributed by atoms with Gasteiger partial charge in [-0.2, -0.15) is 0 Å². The van der Waals surface area contributed by atoms with Crippen LogP contribution >= 0.6 is 0 Å². The Kier molecular flexibility index (Phi) is 5.25. The van der Waals surface area contributed by atoms with Crippen molar-refractivity contribution in [1.29, 1.82) is 0 Å². The van der Waals surface area contributed by atoms with Gasteiger partial charge in [0.25, 0.3) is 0 Å². The molecule has 0 radical (unpaired) electrons. The average molecular weight is 342 g/mol. The van der Waals surface area contributed by atoms with Gasteiger partial charge in [0.1, 0.15) is 16.9 Å². The first-order valence-electron chi connectivity index (χ1n) is 8.89. The van der Waals surface area contributed by atoms with Gasteiger partial charge >= 0.3 is 5.63 Å². The maximum atomic E-state index is 11.7. The molecule has 0 saturated carbocycles. The highest BCUT2D eigenvalue weighted by Crippen LogP contribution is 2.34. The Morgan fingerprint density at radius 2 is 1.76 bits per heavy atom. The maximum absolute atomic E-state index is 11.7. The zero-order valence-corrected chi connectivity index (χ0v) is 15.2. The van der Waals surface area contributed by atoms with Gasteiger partial charge in [0.2, 0.25) is 0 Å². The van der Waals surface area contributed by atoms with E-state index in [1.54, 1.807) is 0 Å². The summed E-state index contributed by atoms with van der Waals surface area (Å²) in [4.78, 5) is 11.7. The van der Waals surface area contributed by atoms with Crippen LogP contribution in [-0.2, 0) is 6.54 Å². The van der Waals surface area contributed by atoms with Gasteiger partial charge in [0.05, 0.1) is 0 Å². The van der Waals surface area contributed by atoms with Gasteiger partial charge in [-0.05, 0) is 58.3 Å². The van der Waals surface area contributed by atoms with Crippen LogP contribution in [0.2, 0.25) is 0 Å². The summed E-state index contributed by atoms with van der Waals surface area (Å²) in [6.45, 7) is 8.35. The molecular weight excluding hydrogens is 316 g/mol. The lowest BCUT2D eigenvalue weighted by Gasteiger charge is -2.06. The highest BCUT2D eigenvalue weighted by atomic mass is 16.4. The SMILES string of the molecule is Cc1oc2c(C)c3oc(=O)cc(C)c3cc2c1CNCCCCCN. The molecule has 5 heteroatoms. The number of aryl methyl sites for hydroxylation is 3. The molecule has 0 aliphatic heterocycles. The molecule has 5 nitrogen and oxygen atoms in total. The summed E-state index contributed by atoms with van der Waals surface area (Å²) >= 11 is 0. The van der Waals surface area contributed by atoms with Crippen LogP contribution < -0.4 is 16.7 Å². The number of hydrogen-bond acceptors (Lipinski definition) is 5. The number of unbranched alkanes of at least 4 members (excludes halogenated alkanes) is 2. The van der Waals surface area contributed by atoms with Crippen LogP contribution in [0, 0.1) is 20.8 Å². The standard InChI is InChI=1S/C20H26N2O3/c1-12-9-18(23)25-19-13(2)20-16(10-15(12)19)17(14(3)24-20)11-22-8-6-4-5-7-21/h9-10,22H,4-8,11,21H2,1-3H3. The van der Waals surface area contributed by atoms with Gasteiger partial charge < -0.3 is 19.9 Å². The summed E-state index contributed by atoms with van der Waals surface area (Å²) in [5, 5.41) is 5.56. The zero-order valence-electron chi connectivity index (χ0n) is 15.2. The minimum atomic E-state index is -0.324. The van der Waals surface area contributed by atoms with E-state index in [0.717, 1.165) is 72.1 Å². The molecule has 3 aromatic rings. The molecule has 0 unspecified atom stereocenters. The maximum Gasteiger partial charge on any atom is 0.336 e. The third-order valence-corrected chi connectivity index (χ3v) is 4.79. The number of furan rings is 1. The predicted octanol–water partition coefficient (Wildman–Crippen LogP) is 3.68. The molecule has 0 amide bonds. The van der Waals surface area contributed by atoms with Crippen molar-refractivity contribution in [3.63, 3.8) is 0 Å². The summed E-state index contributed by atoms with van der Waals surface area (Å²) in [6, 6.07) is 3.62. The number of hydrogen-bond donors (Lipinski definition) is 2. The molecule has 1 aromatic carbocycles. The molecule has 0 aliphatic carbocycles. The smallest absolute Gasteiger partial charge is 0.336 e. The topological polar surface area (TPSA) is 81.4 Å². The Balaban J connectivity index is 1.94. The highest BCUT2D eigenvalue weighted by molar-refractivity contribution is 5.99. The second-order valence-corrected chi connectivity index (χ2v) is 6.67. The normalized spacial score (nSPS) is 11.7. The van der Waals surface area contributed by atoms with Crippen molar-refractivity contribution in [1.82, 2.24) is 5.32 Å². The zero-order chi connectivity index (χ0) is 18.0. The second-order valence-electron chi connectivity index (χ2n) is 6.67. The van der Waals surface area contributed by atoms with E-state index in [-0.39, 0.29) is 5.63 Å². The van der Waals surface area contributed by atoms with Gasteiger partial charge in [-0.1, -0.05) is 6.42 Å². The van der Waals surface area contributed by atoms with Crippen LogP contribution in [0.5, 0.6) is 0 Å². The van der Waals surface area contributed by atoms with Gasteiger partial charge in [-0.15, -0.1) is 0 Å². The Labute approximate surface area is 147 Å². The molecular formula is C20H26N2O3. The Morgan fingerprint density at radius 3 is 2.52 bits per heavy atom. The third kappa shape index (κ3) is 3.48. The summed E-state index contributed by atoms with van der Waals surface area (Å²) in [7, 11) is 0. The molecule has 0 saturated heterocycles. The monoisotopic (exact) mass is 342 g/mol. The van der Waals surface area contributed by atoms with E-state index < -0.39 is 0 Å². The molecule has 0 bridgehead atoms. The lowest BCUT2D eigenvalue weighted by molar-refractivity contribution is 0.547. The summed E-state index contributed by atoms with van der Waals surface area (Å²) in [5.41, 5.74) is 9.60. The minimum absolute atomic E-state index is 0.324. The van der Waals surface area contributed by atoms with Crippen LogP contribution in [0.25, 0.3) is 21.9 Å². The van der Waals surface area contributed by atoms with E-state index in [4.69, 9.17) is 14.6 Å². The van der Waals surface area contributed by atoms with Crippen LogP contribution in [0.15, 0.2) is 25.8 Å². The Morgan fingerprint density at radius 1 is 1.00 bits per heavy atom. The second kappa shape index (κ2) is 7.42. The van der Waals surface area contributed by atoms with Crippen LogP contribution in [0.3, 0.4) is 0 Å². The molecule has 0 atom stereocenters. The molecule has 3 N–H and O–H groups in total. The molecule has 2 heterocycles. The first-order chi connectivity index (χ1) is 12.0. The molecule has 0 aliphatic rings. The van der Waals surface area contributed by atoms with Crippen molar-refractivity contribution in [2.45, 2.75) is 46.6 Å². The lowest BCUT2D eigenvalue weighted by atomic mass is 10.0. The fraction of sp³-hybridized carbons (Fsp3) is 0.450. The van der Waals surface area contributed by atoms with Crippen LogP contribution in [-0.4, -0.2) is 13.1 Å². The van der Waals surface area contributed by atoms with E-state index >= 15 is 0 Å². The van der Waals surface area contributed by atoms with Crippen LogP contribution in [0.1, 0.15) is 41.7 Å². The average Bonchev–Trinajstić information content (AvgIpc) is 2.88. The van der Waals surface area contributed by atoms with Crippen molar-refractivity contribution >= 4 is 21.9 Å². The summed E-state index contributed by atoms with van der Waals surface area (Å²) < 4.78 is 11.4. The quantitative estimate of drug-likeness (QED) is 0.505. The van der Waals surface area contributed by atoms with E-state index in [1.165, 1.54) is 11.6 Å². The first kappa shape index (κ1) is 17.7. The summed E-state index contributed by atoms with van der Waals surface area (Å²) in [5.74, 6) is 0.905. The number of nitrogens with one attached hydrogen (secondary N) is 1. The van der Waals surface area contributed by atoms with Gasteiger partial charge in [-0.3, -0.25) is 0 Å². The molecule has 3 rings (SSSR count). The van der Waals surface area contributed by atoms with Crippen molar-refractivity contribution in [3.05, 3.63) is 45.0 Å². The Hall–Kier alpha value is -2.11. The Bertz CT molecular complexity index is 953. The van der Waals surface area contributed by atoms with E-state index in [0.29, 0.717) is 5.58 Å². The van der Waals surface area contributed by atoms with Crippen molar-refractivity contribution in [2.24, 2.45) is 5.73 Å². The van der Waals surface area contributed by atoms with E-state index in [2.05, 4.69) is 11.4 Å². The number of fused-ring (bicyclic) bond motifs is 2. The fourth-order valence-electron chi connectivity index (χ4n) is 3.36. The van der Waals surface area contributed by atoms with Gasteiger partial charge in [-0.25, -0.2) is 4.79 Å². The number of nitrogens with two attached hydrogens (primary N) is 1. The van der Waals surface area contributed by atoms with Gasteiger partial charge in [0, 0.05) is 34.5 Å². The van der Waals surface area contributed by atoms with Crippen LogP contribution in [0.4, 0.5) is 0 Å². The largest absolute Gasteiger partial charge is 0.461 e.